The molecule has 0 unspecified atom stereocenters. The highest BCUT2D eigenvalue weighted by atomic mass is 19.1. The normalized spacial score (nSPS) is 14.1. The Morgan fingerprint density at radius 1 is 1.08 bits per heavy atom. The second-order valence-corrected chi connectivity index (χ2v) is 9.10. The number of anilines is 4. The van der Waals surface area contributed by atoms with Crippen molar-refractivity contribution in [1.82, 2.24) is 25.2 Å². The number of hydrogen-bond donors (Lipinski definition) is 4. The van der Waals surface area contributed by atoms with Crippen LogP contribution in [0.5, 0.6) is 0 Å². The van der Waals surface area contributed by atoms with Crippen LogP contribution in [0.2, 0.25) is 0 Å². The number of piperidine rings is 1. The molecule has 1 aliphatic rings. The summed E-state index contributed by atoms with van der Waals surface area (Å²) in [6.07, 6.45) is 5.35. The maximum absolute atomic E-state index is 14.9. The lowest BCUT2D eigenvalue weighted by molar-refractivity contribution is 0.0946. The number of carbonyl (C=O) groups is 1. The minimum atomic E-state index is -0.344. The van der Waals surface area contributed by atoms with Gasteiger partial charge in [0.2, 0.25) is 5.95 Å². The Labute approximate surface area is 209 Å². The molecule has 2 aromatic carbocycles. The van der Waals surface area contributed by atoms with E-state index in [2.05, 4.69) is 35.8 Å². The number of halogens is 1. The highest BCUT2D eigenvalue weighted by molar-refractivity contribution is 5.95. The number of amides is 1. The van der Waals surface area contributed by atoms with Crippen LogP contribution < -0.4 is 16.0 Å². The van der Waals surface area contributed by atoms with E-state index in [1.165, 1.54) is 19.3 Å². The molecule has 0 atom stereocenters. The fourth-order valence-electron chi connectivity index (χ4n) is 4.51. The lowest BCUT2D eigenvalue weighted by Crippen LogP contribution is -2.37. The molecule has 0 aliphatic carbocycles. The third kappa shape index (κ3) is 5.63. The number of H-pyrrole nitrogens is 1. The molecule has 8 nitrogen and oxygen atoms in total. The van der Waals surface area contributed by atoms with Crippen LogP contribution in [0.1, 0.15) is 35.3 Å². The molecule has 0 radical (unpaired) electrons. The van der Waals surface area contributed by atoms with Gasteiger partial charge in [-0.2, -0.15) is 4.98 Å². The molecule has 2 aromatic heterocycles. The van der Waals surface area contributed by atoms with E-state index in [-0.39, 0.29) is 11.7 Å². The number of carbonyl (C=O) groups excluding carboxylic acids is 1. The van der Waals surface area contributed by atoms with Crippen LogP contribution in [-0.4, -0.2) is 51.9 Å². The highest BCUT2D eigenvalue weighted by Crippen LogP contribution is 2.27. The summed E-state index contributed by atoms with van der Waals surface area (Å²) in [5, 5.41) is 9.69. The molecule has 0 saturated carbocycles. The van der Waals surface area contributed by atoms with Crippen molar-refractivity contribution in [2.45, 2.75) is 26.2 Å². The molecule has 1 aliphatic heterocycles. The van der Waals surface area contributed by atoms with E-state index in [0.717, 1.165) is 30.8 Å². The zero-order valence-electron chi connectivity index (χ0n) is 20.3. The fourth-order valence-corrected chi connectivity index (χ4v) is 4.51. The molecular formula is C27H30FN7O. The van der Waals surface area contributed by atoms with Crippen molar-refractivity contribution in [2.75, 3.05) is 36.8 Å². The molecule has 36 heavy (non-hydrogen) atoms. The summed E-state index contributed by atoms with van der Waals surface area (Å²) < 4.78 is 14.9. The first-order chi connectivity index (χ1) is 17.5. The molecule has 0 spiro atoms. The Kier molecular flexibility index (Phi) is 7.08. The van der Waals surface area contributed by atoms with Crippen LogP contribution >= 0.6 is 0 Å². The van der Waals surface area contributed by atoms with Crippen LogP contribution in [0.4, 0.5) is 27.5 Å². The van der Waals surface area contributed by atoms with Gasteiger partial charge in [0, 0.05) is 47.1 Å². The monoisotopic (exact) mass is 487 g/mol. The maximum atomic E-state index is 14.9. The van der Waals surface area contributed by atoms with Gasteiger partial charge in [-0.15, -0.1) is 0 Å². The summed E-state index contributed by atoms with van der Waals surface area (Å²) in [6, 6.07) is 14.2. The topological polar surface area (TPSA) is 98.0 Å². The van der Waals surface area contributed by atoms with Gasteiger partial charge in [0.05, 0.1) is 5.69 Å². The van der Waals surface area contributed by atoms with Crippen molar-refractivity contribution in [2.24, 2.45) is 0 Å². The zero-order chi connectivity index (χ0) is 24.9. The Bertz CT molecular complexity index is 1360. The molecule has 1 saturated heterocycles. The van der Waals surface area contributed by atoms with Crippen molar-refractivity contribution >= 4 is 40.0 Å². The van der Waals surface area contributed by atoms with Crippen molar-refractivity contribution in [3.63, 3.8) is 0 Å². The summed E-state index contributed by atoms with van der Waals surface area (Å²) >= 11 is 0. The molecule has 9 heteroatoms. The van der Waals surface area contributed by atoms with Gasteiger partial charge in [-0.3, -0.25) is 4.79 Å². The van der Waals surface area contributed by atoms with Crippen LogP contribution in [0, 0.1) is 12.7 Å². The fraction of sp³-hybridized carbons (Fsp3) is 0.296. The number of aryl methyl sites for hydroxylation is 1. The van der Waals surface area contributed by atoms with E-state index in [1.54, 1.807) is 36.5 Å². The molecule has 4 aromatic rings. The Balaban J connectivity index is 1.22. The van der Waals surface area contributed by atoms with E-state index < -0.39 is 0 Å². The van der Waals surface area contributed by atoms with Crippen LogP contribution in [0.15, 0.2) is 54.7 Å². The molecule has 3 heterocycles. The van der Waals surface area contributed by atoms with Gasteiger partial charge in [0.1, 0.15) is 5.82 Å². The second-order valence-electron chi connectivity index (χ2n) is 9.10. The predicted molar refractivity (Wildman–Crippen MR) is 141 cm³/mol. The van der Waals surface area contributed by atoms with Crippen LogP contribution in [-0.2, 0) is 0 Å². The van der Waals surface area contributed by atoms with Gasteiger partial charge in [0.25, 0.3) is 5.91 Å². The average Bonchev–Trinajstić information content (AvgIpc) is 3.28. The van der Waals surface area contributed by atoms with Crippen molar-refractivity contribution in [1.29, 1.82) is 0 Å². The minimum absolute atomic E-state index is 0.113. The number of aromatic amines is 1. The Hall–Kier alpha value is -3.98. The van der Waals surface area contributed by atoms with Gasteiger partial charge in [-0.05, 0) is 75.3 Å². The van der Waals surface area contributed by atoms with Crippen molar-refractivity contribution < 1.29 is 9.18 Å². The number of aromatic nitrogens is 3. The third-order valence-electron chi connectivity index (χ3n) is 6.33. The summed E-state index contributed by atoms with van der Waals surface area (Å²) in [7, 11) is 0. The zero-order valence-corrected chi connectivity index (χ0v) is 20.3. The number of likely N-dealkylation sites (tertiary alicyclic amines) is 1. The number of fused-ring (bicyclic) bond motifs is 1. The number of hydrogen-bond acceptors (Lipinski definition) is 6. The smallest absolute Gasteiger partial charge is 0.251 e. The van der Waals surface area contributed by atoms with Crippen LogP contribution in [0.3, 0.4) is 0 Å². The Morgan fingerprint density at radius 2 is 1.94 bits per heavy atom. The first-order valence-electron chi connectivity index (χ1n) is 12.3. The van der Waals surface area contributed by atoms with E-state index in [0.29, 0.717) is 40.6 Å². The van der Waals surface area contributed by atoms with E-state index in [9.17, 15) is 9.18 Å². The molecule has 1 amide bonds. The van der Waals surface area contributed by atoms with Gasteiger partial charge in [-0.25, -0.2) is 9.37 Å². The van der Waals surface area contributed by atoms with E-state index in [1.807, 2.05) is 25.1 Å². The summed E-state index contributed by atoms with van der Waals surface area (Å²) in [4.78, 5) is 26.9. The molecule has 1 fully saturated rings. The lowest BCUT2D eigenvalue weighted by Gasteiger charge is -2.26. The van der Waals surface area contributed by atoms with E-state index in [4.69, 9.17) is 0 Å². The lowest BCUT2D eigenvalue weighted by atomic mass is 10.1. The first kappa shape index (κ1) is 23.7. The van der Waals surface area contributed by atoms with Gasteiger partial charge < -0.3 is 25.8 Å². The second kappa shape index (κ2) is 10.7. The number of rotatable bonds is 8. The minimum Gasteiger partial charge on any atom is -0.359 e. The molecule has 0 bridgehead atoms. The number of benzene rings is 2. The quantitative estimate of drug-likeness (QED) is 0.276. The van der Waals surface area contributed by atoms with Gasteiger partial charge in [0.15, 0.2) is 5.82 Å². The average molecular weight is 488 g/mol. The van der Waals surface area contributed by atoms with Gasteiger partial charge >= 0.3 is 0 Å². The third-order valence-corrected chi connectivity index (χ3v) is 6.33. The number of nitrogens with one attached hydrogen (secondary N) is 4. The Morgan fingerprint density at radius 3 is 2.81 bits per heavy atom. The molecule has 5 rings (SSSR count). The molecule has 186 valence electrons. The van der Waals surface area contributed by atoms with Crippen LogP contribution in [0.25, 0.3) is 10.9 Å². The van der Waals surface area contributed by atoms with Crippen molar-refractivity contribution in [3.8, 4) is 0 Å². The highest BCUT2D eigenvalue weighted by Gasteiger charge is 2.13. The maximum Gasteiger partial charge on any atom is 0.251 e. The molecule has 4 N–H and O–H groups in total. The summed E-state index contributed by atoms with van der Waals surface area (Å²) in [5.74, 6) is 0.327. The summed E-state index contributed by atoms with van der Waals surface area (Å²) in [6.45, 7) is 5.60. The van der Waals surface area contributed by atoms with E-state index >= 15 is 0 Å². The summed E-state index contributed by atoms with van der Waals surface area (Å²) in [5.41, 5.74) is 3.22. The number of nitrogens with zero attached hydrogens (tertiary/aromatic N) is 3. The predicted octanol–water partition coefficient (Wildman–Crippen LogP) is 5.11. The standard InChI is InChI=1S/C27H30FN7O/c1-18-16-21-22(31-18)8-9-23(25(21)28)33-24-10-11-30-27(34-24)32-20-7-5-6-19(17-20)26(36)29-12-15-35-13-3-2-4-14-35/h5-11,16-17,31H,2-4,12-15H2,1H3,(H,29,36)(H2,30,32,33,34). The SMILES string of the molecule is Cc1cc2c(F)c(Nc3ccnc(Nc4cccc(C(=O)NCCN5CCCCC5)c4)n3)ccc2[nH]1. The first-order valence-corrected chi connectivity index (χ1v) is 12.3. The van der Waals surface area contributed by atoms with Gasteiger partial charge in [-0.1, -0.05) is 12.5 Å². The molecular weight excluding hydrogens is 457 g/mol. The largest absolute Gasteiger partial charge is 0.359 e. The van der Waals surface area contributed by atoms with Crippen molar-refractivity contribution in [3.05, 3.63) is 71.8 Å².